The smallest absolute Gasteiger partial charge is 0.338 e. The number of alkyl halides is 3. The molecule has 0 saturated carbocycles. The summed E-state index contributed by atoms with van der Waals surface area (Å²) in [6.45, 7) is 3.05. The van der Waals surface area contributed by atoms with E-state index in [1.165, 1.54) is 4.90 Å². The Morgan fingerprint density at radius 3 is 2.77 bits per heavy atom. The summed E-state index contributed by atoms with van der Waals surface area (Å²) in [6, 6.07) is 5.60. The van der Waals surface area contributed by atoms with Crippen LogP contribution in [-0.2, 0) is 0 Å². The third kappa shape index (κ3) is 3.49. The van der Waals surface area contributed by atoms with Gasteiger partial charge < -0.3 is 4.90 Å². The normalized spacial score (nSPS) is 21.3. The van der Waals surface area contributed by atoms with E-state index in [0.717, 1.165) is 5.65 Å². The maximum absolute atomic E-state index is 12.6. The number of halogens is 3. The molecule has 1 fully saturated rings. The minimum atomic E-state index is -4.16. The molecule has 2 aromatic rings. The van der Waals surface area contributed by atoms with Crippen LogP contribution in [0.25, 0.3) is 5.65 Å². The SMILES string of the molecule is CC1CN(CC(F)(F)F)CCN(c2nc3ccccn3n2)C1. The van der Waals surface area contributed by atoms with Crippen molar-refractivity contribution in [2.75, 3.05) is 37.6 Å². The van der Waals surface area contributed by atoms with E-state index in [4.69, 9.17) is 0 Å². The first kappa shape index (κ1) is 15.1. The fourth-order valence-electron chi connectivity index (χ4n) is 2.85. The molecule has 2 aromatic heterocycles. The Kier molecular flexibility index (Phi) is 3.94. The number of anilines is 1. The third-order valence-electron chi connectivity index (χ3n) is 3.70. The molecule has 0 bridgehead atoms. The average molecular weight is 313 g/mol. The summed E-state index contributed by atoms with van der Waals surface area (Å²) >= 11 is 0. The molecule has 0 spiro atoms. The molecule has 1 aliphatic heterocycles. The van der Waals surface area contributed by atoms with Crippen LogP contribution in [0.5, 0.6) is 0 Å². The molecule has 0 aliphatic carbocycles. The van der Waals surface area contributed by atoms with Gasteiger partial charge in [0.25, 0.3) is 0 Å². The van der Waals surface area contributed by atoms with Crippen molar-refractivity contribution in [3.05, 3.63) is 24.4 Å². The Balaban J connectivity index is 1.75. The van der Waals surface area contributed by atoms with Gasteiger partial charge in [0.2, 0.25) is 5.95 Å². The van der Waals surface area contributed by atoms with E-state index < -0.39 is 12.7 Å². The van der Waals surface area contributed by atoms with Crippen molar-refractivity contribution in [1.82, 2.24) is 19.5 Å². The molecule has 22 heavy (non-hydrogen) atoms. The monoisotopic (exact) mass is 313 g/mol. The van der Waals surface area contributed by atoms with Crippen molar-refractivity contribution in [3.63, 3.8) is 0 Å². The standard InChI is InChI=1S/C14H18F3N5/c1-11-8-20(10-14(15,16)17)6-7-21(9-11)13-18-12-4-2-3-5-22(12)19-13/h2-5,11H,6-10H2,1H3. The number of rotatable bonds is 2. The van der Waals surface area contributed by atoms with Gasteiger partial charge >= 0.3 is 6.18 Å². The highest BCUT2D eigenvalue weighted by atomic mass is 19.4. The molecule has 3 heterocycles. The van der Waals surface area contributed by atoms with Gasteiger partial charge in [0.05, 0.1) is 6.54 Å². The first-order valence-corrected chi connectivity index (χ1v) is 7.26. The van der Waals surface area contributed by atoms with Crippen LogP contribution in [0.3, 0.4) is 0 Å². The predicted octanol–water partition coefficient (Wildman–Crippen LogP) is 2.05. The Morgan fingerprint density at radius 2 is 2.05 bits per heavy atom. The second-order valence-corrected chi connectivity index (χ2v) is 5.82. The van der Waals surface area contributed by atoms with Crippen LogP contribution in [-0.4, -0.2) is 58.4 Å². The highest BCUT2D eigenvalue weighted by molar-refractivity contribution is 5.44. The van der Waals surface area contributed by atoms with Crippen LogP contribution in [0, 0.1) is 5.92 Å². The Hall–Kier alpha value is -1.83. The summed E-state index contributed by atoms with van der Waals surface area (Å²) in [5, 5.41) is 4.40. The van der Waals surface area contributed by atoms with Gasteiger partial charge in [0, 0.05) is 32.4 Å². The maximum atomic E-state index is 12.6. The number of fused-ring (bicyclic) bond motifs is 1. The van der Waals surface area contributed by atoms with Gasteiger partial charge in [-0.15, -0.1) is 5.10 Å². The summed E-state index contributed by atoms with van der Waals surface area (Å²) in [7, 11) is 0. The van der Waals surface area contributed by atoms with Gasteiger partial charge in [0.15, 0.2) is 5.65 Å². The largest absolute Gasteiger partial charge is 0.401 e. The average Bonchev–Trinajstić information content (AvgIpc) is 2.76. The minimum Gasteiger partial charge on any atom is -0.338 e. The van der Waals surface area contributed by atoms with Gasteiger partial charge in [-0.05, 0) is 18.1 Å². The second-order valence-electron chi connectivity index (χ2n) is 5.82. The number of nitrogens with zero attached hydrogens (tertiary/aromatic N) is 5. The lowest BCUT2D eigenvalue weighted by Crippen LogP contribution is -2.38. The maximum Gasteiger partial charge on any atom is 0.401 e. The molecule has 0 N–H and O–H groups in total. The van der Waals surface area contributed by atoms with Gasteiger partial charge in [-0.1, -0.05) is 13.0 Å². The Bertz CT molecular complexity index is 606. The van der Waals surface area contributed by atoms with Crippen LogP contribution in [0.4, 0.5) is 19.1 Å². The molecule has 1 saturated heterocycles. The molecule has 0 radical (unpaired) electrons. The molecular weight excluding hydrogens is 295 g/mol. The van der Waals surface area contributed by atoms with Crippen molar-refractivity contribution in [2.45, 2.75) is 13.1 Å². The molecule has 1 atom stereocenters. The van der Waals surface area contributed by atoms with Crippen molar-refractivity contribution in [3.8, 4) is 0 Å². The van der Waals surface area contributed by atoms with Crippen LogP contribution in [0.2, 0.25) is 0 Å². The molecule has 120 valence electrons. The Labute approximate surface area is 126 Å². The van der Waals surface area contributed by atoms with Crippen molar-refractivity contribution < 1.29 is 13.2 Å². The van der Waals surface area contributed by atoms with Crippen molar-refractivity contribution >= 4 is 11.6 Å². The predicted molar refractivity (Wildman–Crippen MR) is 76.9 cm³/mol. The lowest BCUT2D eigenvalue weighted by molar-refractivity contribution is -0.146. The van der Waals surface area contributed by atoms with Crippen LogP contribution >= 0.6 is 0 Å². The molecule has 3 rings (SSSR count). The summed E-state index contributed by atoms with van der Waals surface area (Å²) in [5.74, 6) is 0.698. The molecule has 0 amide bonds. The zero-order valence-corrected chi connectivity index (χ0v) is 12.3. The number of hydrogen-bond donors (Lipinski definition) is 0. The lowest BCUT2D eigenvalue weighted by atomic mass is 10.1. The third-order valence-corrected chi connectivity index (χ3v) is 3.70. The van der Waals surface area contributed by atoms with Gasteiger partial charge in [-0.2, -0.15) is 18.2 Å². The fraction of sp³-hybridized carbons (Fsp3) is 0.571. The van der Waals surface area contributed by atoms with E-state index in [1.54, 1.807) is 4.52 Å². The van der Waals surface area contributed by atoms with E-state index in [9.17, 15) is 13.2 Å². The van der Waals surface area contributed by atoms with Crippen LogP contribution < -0.4 is 4.90 Å². The van der Waals surface area contributed by atoms with Gasteiger partial charge in [-0.25, -0.2) is 4.52 Å². The quantitative estimate of drug-likeness (QED) is 0.850. The topological polar surface area (TPSA) is 36.7 Å². The molecule has 5 nitrogen and oxygen atoms in total. The minimum absolute atomic E-state index is 0.122. The van der Waals surface area contributed by atoms with E-state index in [1.807, 2.05) is 36.2 Å². The molecule has 0 aromatic carbocycles. The van der Waals surface area contributed by atoms with E-state index >= 15 is 0 Å². The zero-order valence-electron chi connectivity index (χ0n) is 12.3. The van der Waals surface area contributed by atoms with Gasteiger partial charge in [-0.3, -0.25) is 4.90 Å². The van der Waals surface area contributed by atoms with Crippen LogP contribution in [0.1, 0.15) is 6.92 Å². The first-order chi connectivity index (χ1) is 10.4. The van der Waals surface area contributed by atoms with E-state index in [2.05, 4.69) is 10.1 Å². The molecule has 1 aliphatic rings. The second kappa shape index (κ2) is 5.75. The summed E-state index contributed by atoms with van der Waals surface area (Å²) in [6.07, 6.45) is -2.35. The van der Waals surface area contributed by atoms with Gasteiger partial charge in [0.1, 0.15) is 0 Å². The summed E-state index contributed by atoms with van der Waals surface area (Å²) in [5.41, 5.74) is 0.738. The number of aromatic nitrogens is 3. The van der Waals surface area contributed by atoms with Crippen LogP contribution in [0.15, 0.2) is 24.4 Å². The summed E-state index contributed by atoms with van der Waals surface area (Å²) in [4.78, 5) is 7.87. The molecule has 1 unspecified atom stereocenters. The van der Waals surface area contributed by atoms with E-state index in [0.29, 0.717) is 32.1 Å². The summed E-state index contributed by atoms with van der Waals surface area (Å²) < 4.78 is 39.4. The first-order valence-electron chi connectivity index (χ1n) is 7.26. The van der Waals surface area contributed by atoms with Crippen molar-refractivity contribution in [1.29, 1.82) is 0 Å². The zero-order chi connectivity index (χ0) is 15.7. The Morgan fingerprint density at radius 1 is 1.23 bits per heavy atom. The molecular formula is C14H18F3N5. The highest BCUT2D eigenvalue weighted by Crippen LogP contribution is 2.20. The van der Waals surface area contributed by atoms with E-state index in [-0.39, 0.29) is 5.92 Å². The van der Waals surface area contributed by atoms with Crippen molar-refractivity contribution in [2.24, 2.45) is 5.92 Å². The highest BCUT2D eigenvalue weighted by Gasteiger charge is 2.33. The lowest BCUT2D eigenvalue weighted by Gasteiger charge is -2.22. The number of hydrogen-bond acceptors (Lipinski definition) is 4. The number of pyridine rings is 1. The fourth-order valence-corrected chi connectivity index (χ4v) is 2.85. The molecule has 8 heteroatoms.